The number of rotatable bonds is 6. The Hall–Kier alpha value is -2.88. The van der Waals surface area contributed by atoms with E-state index in [4.69, 9.17) is 4.74 Å². The van der Waals surface area contributed by atoms with Crippen LogP contribution in [0.2, 0.25) is 0 Å². The minimum Gasteiger partial charge on any atom is -0.461 e. The molecule has 2 aromatic rings. The lowest BCUT2D eigenvalue weighted by Crippen LogP contribution is -2.31. The molecule has 0 saturated heterocycles. The third-order valence-corrected chi connectivity index (χ3v) is 5.02. The van der Waals surface area contributed by atoms with Crippen LogP contribution in [0.1, 0.15) is 29.5 Å². The highest BCUT2D eigenvalue weighted by atomic mass is 16.5. The molecule has 0 bridgehead atoms. The maximum absolute atomic E-state index is 12.2. The lowest BCUT2D eigenvalue weighted by molar-refractivity contribution is -0.144. The van der Waals surface area contributed by atoms with Gasteiger partial charge in [-0.2, -0.15) is 0 Å². The predicted molar refractivity (Wildman–Crippen MR) is 108 cm³/mol. The van der Waals surface area contributed by atoms with Gasteiger partial charge in [0.25, 0.3) is 0 Å². The first-order valence-corrected chi connectivity index (χ1v) is 9.56. The van der Waals surface area contributed by atoms with Crippen molar-refractivity contribution in [1.82, 2.24) is 0 Å². The van der Waals surface area contributed by atoms with E-state index in [1.165, 1.54) is 11.3 Å². The first-order valence-electron chi connectivity index (χ1n) is 9.56. The Morgan fingerprint density at radius 3 is 2.81 bits per heavy atom. The first-order chi connectivity index (χ1) is 13.3. The zero-order chi connectivity index (χ0) is 18.5. The summed E-state index contributed by atoms with van der Waals surface area (Å²) >= 11 is 0. The van der Waals surface area contributed by atoms with Gasteiger partial charge in [-0.1, -0.05) is 48.5 Å². The molecular weight excluding hydrogens is 336 g/mol. The number of aryl methyl sites for hydroxylation is 1. The van der Waals surface area contributed by atoms with Gasteiger partial charge in [0.05, 0.1) is 18.7 Å². The van der Waals surface area contributed by atoms with Crippen molar-refractivity contribution < 1.29 is 9.53 Å². The molecule has 0 unspecified atom stereocenters. The summed E-state index contributed by atoms with van der Waals surface area (Å²) in [6, 6.07) is 16.1. The number of hydrogen-bond donors (Lipinski definition) is 0. The van der Waals surface area contributed by atoms with E-state index in [0.717, 1.165) is 49.2 Å². The minimum absolute atomic E-state index is 0.190. The molecule has 4 rings (SSSR count). The number of fused-ring (bicyclic) bond motifs is 1. The molecule has 27 heavy (non-hydrogen) atoms. The van der Waals surface area contributed by atoms with E-state index in [1.807, 2.05) is 36.5 Å². The van der Waals surface area contributed by atoms with Crippen LogP contribution < -0.4 is 4.90 Å². The molecule has 0 fully saturated rings. The fraction of sp³-hybridized carbons (Fsp3) is 0.304. The monoisotopic (exact) mass is 360 g/mol. The van der Waals surface area contributed by atoms with Crippen LogP contribution in [0.25, 0.3) is 0 Å². The van der Waals surface area contributed by atoms with E-state index >= 15 is 0 Å². The van der Waals surface area contributed by atoms with Gasteiger partial charge < -0.3 is 9.64 Å². The Morgan fingerprint density at radius 2 is 2.00 bits per heavy atom. The van der Waals surface area contributed by atoms with Gasteiger partial charge in [-0.25, -0.2) is 0 Å². The highest BCUT2D eigenvalue weighted by Gasteiger charge is 2.19. The molecular formula is C23H24N2O2. The normalized spacial score (nSPS) is 15.4. The van der Waals surface area contributed by atoms with Crippen LogP contribution >= 0.6 is 0 Å². The van der Waals surface area contributed by atoms with Crippen LogP contribution in [0.15, 0.2) is 65.3 Å². The fourth-order valence-electron chi connectivity index (χ4n) is 3.64. The number of carbonyl (C=O) groups excluding carboxylic acids is 1. The summed E-state index contributed by atoms with van der Waals surface area (Å²) in [7, 11) is 0. The highest BCUT2D eigenvalue weighted by molar-refractivity contribution is 5.74. The topological polar surface area (TPSA) is 41.9 Å². The number of hydrogen-bond acceptors (Lipinski definition) is 4. The molecule has 2 aliphatic rings. The smallest absolute Gasteiger partial charge is 0.310 e. The van der Waals surface area contributed by atoms with Crippen molar-refractivity contribution in [1.29, 1.82) is 0 Å². The SMILES string of the molecule is O=C(Cc1ccc2c(c1)N(CC1=CCC=N1)CCC2)OCc1ccccc1. The van der Waals surface area contributed by atoms with Crippen molar-refractivity contribution in [3.8, 4) is 0 Å². The van der Waals surface area contributed by atoms with Crippen molar-refractivity contribution in [3.63, 3.8) is 0 Å². The molecule has 0 spiro atoms. The van der Waals surface area contributed by atoms with Gasteiger partial charge in [-0.05, 0) is 35.6 Å². The molecule has 0 aliphatic carbocycles. The summed E-state index contributed by atoms with van der Waals surface area (Å²) in [5.74, 6) is -0.190. The largest absolute Gasteiger partial charge is 0.461 e. The van der Waals surface area contributed by atoms with Crippen molar-refractivity contribution in [2.24, 2.45) is 4.99 Å². The standard InChI is InChI=1S/C23H24N2O2/c26-23(27-17-18-6-2-1-3-7-18)15-19-10-11-20-8-5-13-25(22(20)14-19)16-21-9-4-12-24-21/h1-3,6-7,9-12,14H,4-5,8,13,15-17H2. The third kappa shape index (κ3) is 4.45. The second-order valence-electron chi connectivity index (χ2n) is 7.05. The van der Waals surface area contributed by atoms with Crippen molar-refractivity contribution in [2.75, 3.05) is 18.0 Å². The van der Waals surface area contributed by atoms with E-state index in [1.54, 1.807) is 0 Å². The highest BCUT2D eigenvalue weighted by Crippen LogP contribution is 2.29. The molecule has 0 atom stereocenters. The molecule has 0 radical (unpaired) electrons. The Kier molecular flexibility index (Phi) is 5.33. The Morgan fingerprint density at radius 1 is 1.11 bits per heavy atom. The van der Waals surface area contributed by atoms with Gasteiger partial charge in [-0.15, -0.1) is 0 Å². The molecule has 138 valence electrons. The van der Waals surface area contributed by atoms with E-state index in [9.17, 15) is 4.79 Å². The molecule has 0 saturated carbocycles. The van der Waals surface area contributed by atoms with Crippen molar-refractivity contribution >= 4 is 17.9 Å². The molecule has 0 amide bonds. The third-order valence-electron chi connectivity index (χ3n) is 5.02. The maximum Gasteiger partial charge on any atom is 0.310 e. The van der Waals surface area contributed by atoms with Gasteiger partial charge in [0, 0.05) is 24.9 Å². The summed E-state index contributed by atoms with van der Waals surface area (Å²) in [6.45, 7) is 2.19. The van der Waals surface area contributed by atoms with Gasteiger partial charge in [0.2, 0.25) is 0 Å². The van der Waals surface area contributed by atoms with Crippen LogP contribution in [0.5, 0.6) is 0 Å². The van der Waals surface area contributed by atoms with Crippen LogP contribution in [-0.2, 0) is 29.0 Å². The number of anilines is 1. The summed E-state index contributed by atoms with van der Waals surface area (Å²) < 4.78 is 5.43. The molecule has 4 nitrogen and oxygen atoms in total. The van der Waals surface area contributed by atoms with E-state index in [2.05, 4.69) is 34.2 Å². The van der Waals surface area contributed by atoms with Crippen LogP contribution in [0.3, 0.4) is 0 Å². The van der Waals surface area contributed by atoms with Crippen molar-refractivity contribution in [3.05, 3.63) is 77.0 Å². The number of esters is 1. The molecule has 0 N–H and O–H groups in total. The van der Waals surface area contributed by atoms with Gasteiger partial charge in [0.1, 0.15) is 6.61 Å². The Labute approximate surface area is 160 Å². The molecule has 0 aromatic heterocycles. The molecule has 2 aliphatic heterocycles. The molecule has 4 heteroatoms. The number of carbonyl (C=O) groups is 1. The lowest BCUT2D eigenvalue weighted by atomic mass is 9.98. The Bertz CT molecular complexity index is 871. The van der Waals surface area contributed by atoms with Gasteiger partial charge >= 0.3 is 5.97 Å². The number of allylic oxidation sites excluding steroid dienone is 1. The van der Waals surface area contributed by atoms with Gasteiger partial charge in [0.15, 0.2) is 0 Å². The predicted octanol–water partition coefficient (Wildman–Crippen LogP) is 4.08. The minimum atomic E-state index is -0.190. The summed E-state index contributed by atoms with van der Waals surface area (Å²) in [5, 5.41) is 0. The number of benzene rings is 2. The van der Waals surface area contributed by atoms with E-state index < -0.39 is 0 Å². The lowest BCUT2D eigenvalue weighted by Gasteiger charge is -2.31. The number of aliphatic imine (C=N–C) groups is 1. The average Bonchev–Trinajstić information content (AvgIpc) is 3.21. The average molecular weight is 360 g/mol. The van der Waals surface area contributed by atoms with Crippen LogP contribution in [0, 0.1) is 0 Å². The number of nitrogens with zero attached hydrogens (tertiary/aromatic N) is 2. The van der Waals surface area contributed by atoms with Gasteiger partial charge in [-0.3, -0.25) is 9.79 Å². The summed E-state index contributed by atoms with van der Waals surface area (Å²) in [6.07, 6.45) is 7.62. The fourth-order valence-corrected chi connectivity index (χ4v) is 3.64. The van der Waals surface area contributed by atoms with Crippen molar-refractivity contribution in [2.45, 2.75) is 32.3 Å². The zero-order valence-electron chi connectivity index (χ0n) is 15.4. The molecule has 2 heterocycles. The van der Waals surface area contributed by atoms with Crippen LogP contribution in [0.4, 0.5) is 5.69 Å². The second kappa shape index (κ2) is 8.21. The Balaban J connectivity index is 1.41. The molecule has 2 aromatic carbocycles. The summed E-state index contributed by atoms with van der Waals surface area (Å²) in [4.78, 5) is 19.1. The summed E-state index contributed by atoms with van der Waals surface area (Å²) in [5.41, 5.74) is 5.73. The second-order valence-corrected chi connectivity index (χ2v) is 7.05. The zero-order valence-corrected chi connectivity index (χ0v) is 15.4. The van der Waals surface area contributed by atoms with E-state index in [0.29, 0.717) is 13.0 Å². The maximum atomic E-state index is 12.2. The van der Waals surface area contributed by atoms with Crippen LogP contribution in [-0.4, -0.2) is 25.3 Å². The first kappa shape index (κ1) is 17.5. The quantitative estimate of drug-likeness (QED) is 0.729. The van der Waals surface area contributed by atoms with E-state index in [-0.39, 0.29) is 5.97 Å². The number of ether oxygens (including phenoxy) is 1.